The van der Waals surface area contributed by atoms with E-state index in [-0.39, 0.29) is 11.5 Å². The van der Waals surface area contributed by atoms with Gasteiger partial charge in [0.05, 0.1) is 5.56 Å². The summed E-state index contributed by atoms with van der Waals surface area (Å²) in [7, 11) is 0. The highest BCUT2D eigenvalue weighted by atomic mass is 19.1. The molecule has 0 bridgehead atoms. The van der Waals surface area contributed by atoms with Crippen LogP contribution < -0.4 is 0 Å². The van der Waals surface area contributed by atoms with Crippen LogP contribution in [-0.2, 0) is 0 Å². The molecule has 1 aromatic carbocycles. The molecule has 5 heteroatoms. The van der Waals surface area contributed by atoms with Crippen LogP contribution in [0.5, 0.6) is 0 Å². The summed E-state index contributed by atoms with van der Waals surface area (Å²) >= 11 is 0. The lowest BCUT2D eigenvalue weighted by molar-refractivity contribution is 0.112. The van der Waals surface area contributed by atoms with E-state index in [1.54, 1.807) is 41.1 Å². The van der Waals surface area contributed by atoms with Gasteiger partial charge in [0.25, 0.3) is 0 Å². The Morgan fingerprint density at radius 2 is 2.06 bits per heavy atom. The van der Waals surface area contributed by atoms with Crippen molar-refractivity contribution in [2.24, 2.45) is 0 Å². The van der Waals surface area contributed by atoms with Crippen molar-refractivity contribution in [2.45, 2.75) is 0 Å². The molecule has 0 N–H and O–H groups in total. The van der Waals surface area contributed by atoms with Gasteiger partial charge in [0.1, 0.15) is 17.3 Å². The molecule has 0 unspecified atom stereocenters. The summed E-state index contributed by atoms with van der Waals surface area (Å²) in [5.41, 5.74) is 0.966. The van der Waals surface area contributed by atoms with Crippen molar-refractivity contribution in [3.8, 4) is 11.4 Å². The minimum atomic E-state index is -0.384. The molecule has 0 saturated heterocycles. The Labute approximate surface area is 102 Å². The number of aromatic nitrogens is 3. The van der Waals surface area contributed by atoms with Crippen molar-refractivity contribution in [3.05, 3.63) is 54.2 Å². The molecule has 0 aliphatic rings. The van der Waals surface area contributed by atoms with Gasteiger partial charge in [0, 0.05) is 12.4 Å². The fraction of sp³-hybridized carbons (Fsp3) is 0. The summed E-state index contributed by atoms with van der Waals surface area (Å²) in [6.45, 7) is 0. The highest BCUT2D eigenvalue weighted by Gasteiger charge is 2.15. The van der Waals surface area contributed by atoms with Crippen LogP contribution in [-0.4, -0.2) is 20.7 Å². The van der Waals surface area contributed by atoms with Crippen LogP contribution in [0.1, 0.15) is 10.5 Å². The molecule has 0 atom stereocenters. The predicted octanol–water partition coefficient (Wildman–Crippen LogP) is 2.35. The van der Waals surface area contributed by atoms with Crippen molar-refractivity contribution >= 4 is 11.9 Å². The summed E-state index contributed by atoms with van der Waals surface area (Å²) in [4.78, 5) is 19.1. The Bertz CT molecular complexity index is 736. The average Bonchev–Trinajstić information content (AvgIpc) is 2.78. The number of rotatable bonds is 2. The monoisotopic (exact) mass is 241 g/mol. The first-order valence-electron chi connectivity index (χ1n) is 5.34. The van der Waals surface area contributed by atoms with Crippen LogP contribution >= 0.6 is 0 Å². The highest BCUT2D eigenvalue weighted by molar-refractivity contribution is 5.84. The van der Waals surface area contributed by atoms with Gasteiger partial charge in [-0.05, 0) is 18.2 Å². The van der Waals surface area contributed by atoms with E-state index in [0.717, 1.165) is 0 Å². The van der Waals surface area contributed by atoms with Gasteiger partial charge in [-0.15, -0.1) is 0 Å². The molecule has 0 spiro atoms. The molecule has 18 heavy (non-hydrogen) atoms. The number of hydrogen-bond donors (Lipinski definition) is 0. The molecule has 0 aliphatic heterocycles. The highest BCUT2D eigenvalue weighted by Crippen LogP contribution is 2.23. The lowest BCUT2D eigenvalue weighted by atomic mass is 10.2. The van der Waals surface area contributed by atoms with E-state index in [4.69, 9.17) is 0 Å². The molecule has 88 valence electrons. The van der Waals surface area contributed by atoms with Gasteiger partial charge in [-0.1, -0.05) is 12.1 Å². The molecule has 2 heterocycles. The van der Waals surface area contributed by atoms with Crippen LogP contribution in [0.4, 0.5) is 4.39 Å². The molecule has 2 aromatic heterocycles. The van der Waals surface area contributed by atoms with Gasteiger partial charge in [-0.25, -0.2) is 14.4 Å². The topological polar surface area (TPSA) is 47.3 Å². The maximum Gasteiger partial charge on any atom is 0.172 e. The van der Waals surface area contributed by atoms with E-state index in [9.17, 15) is 9.18 Å². The lowest BCUT2D eigenvalue weighted by Gasteiger charge is -2.01. The molecule has 0 radical (unpaired) electrons. The second-order valence-electron chi connectivity index (χ2n) is 3.73. The molecule has 0 saturated carbocycles. The lowest BCUT2D eigenvalue weighted by Crippen LogP contribution is -1.92. The predicted molar refractivity (Wildman–Crippen MR) is 63.8 cm³/mol. The van der Waals surface area contributed by atoms with E-state index in [1.807, 2.05) is 0 Å². The number of hydrogen-bond acceptors (Lipinski definition) is 3. The van der Waals surface area contributed by atoms with E-state index in [2.05, 4.69) is 9.97 Å². The van der Waals surface area contributed by atoms with Gasteiger partial charge in [0.15, 0.2) is 11.9 Å². The number of imidazole rings is 1. The summed E-state index contributed by atoms with van der Waals surface area (Å²) in [6, 6.07) is 8.00. The quantitative estimate of drug-likeness (QED) is 0.647. The average molecular weight is 241 g/mol. The van der Waals surface area contributed by atoms with Gasteiger partial charge in [-0.3, -0.25) is 9.20 Å². The smallest absolute Gasteiger partial charge is 0.172 e. The van der Waals surface area contributed by atoms with Gasteiger partial charge >= 0.3 is 0 Å². The zero-order valence-electron chi connectivity index (χ0n) is 9.25. The van der Waals surface area contributed by atoms with Crippen molar-refractivity contribution in [2.75, 3.05) is 0 Å². The number of aldehydes is 1. The normalized spacial score (nSPS) is 10.7. The third-order valence-electron chi connectivity index (χ3n) is 2.66. The van der Waals surface area contributed by atoms with Gasteiger partial charge < -0.3 is 0 Å². The Hall–Kier alpha value is -2.56. The van der Waals surface area contributed by atoms with E-state index < -0.39 is 0 Å². The molecule has 3 rings (SSSR count). The van der Waals surface area contributed by atoms with Gasteiger partial charge in [0.2, 0.25) is 0 Å². The zero-order chi connectivity index (χ0) is 12.5. The van der Waals surface area contributed by atoms with Crippen LogP contribution in [0.25, 0.3) is 17.0 Å². The fourth-order valence-corrected chi connectivity index (χ4v) is 1.86. The molecular weight excluding hydrogens is 233 g/mol. The van der Waals surface area contributed by atoms with Gasteiger partial charge in [-0.2, -0.15) is 0 Å². The molecular formula is C13H8FN3O. The second kappa shape index (κ2) is 4.03. The number of nitrogens with zero attached hydrogens (tertiary/aromatic N) is 3. The van der Waals surface area contributed by atoms with Crippen molar-refractivity contribution < 1.29 is 9.18 Å². The number of carbonyl (C=O) groups excluding carboxylic acids is 1. The zero-order valence-corrected chi connectivity index (χ0v) is 9.25. The molecule has 3 aromatic rings. The first-order chi connectivity index (χ1) is 8.81. The third-order valence-corrected chi connectivity index (χ3v) is 2.66. The Balaban J connectivity index is 2.37. The number of carbonyl (C=O) groups is 1. The standard InChI is InChI=1S/C13H8FN3O/c14-10-5-2-1-4-9(10)12-16-11(8-18)13-15-6-3-7-17(12)13/h1-8H. The van der Waals surface area contributed by atoms with Crippen LogP contribution in [0.3, 0.4) is 0 Å². The fourth-order valence-electron chi connectivity index (χ4n) is 1.86. The number of benzene rings is 1. The second-order valence-corrected chi connectivity index (χ2v) is 3.73. The molecule has 4 nitrogen and oxygen atoms in total. The minimum Gasteiger partial charge on any atom is -0.296 e. The van der Waals surface area contributed by atoms with Crippen LogP contribution in [0.2, 0.25) is 0 Å². The molecule has 0 amide bonds. The Morgan fingerprint density at radius 3 is 2.83 bits per heavy atom. The first-order valence-corrected chi connectivity index (χ1v) is 5.34. The largest absolute Gasteiger partial charge is 0.296 e. The van der Waals surface area contributed by atoms with E-state index in [1.165, 1.54) is 6.07 Å². The van der Waals surface area contributed by atoms with Crippen LogP contribution in [0.15, 0.2) is 42.7 Å². The van der Waals surface area contributed by atoms with Crippen molar-refractivity contribution in [1.29, 1.82) is 0 Å². The Morgan fingerprint density at radius 1 is 1.22 bits per heavy atom. The first kappa shape index (κ1) is 10.6. The van der Waals surface area contributed by atoms with Crippen molar-refractivity contribution in [3.63, 3.8) is 0 Å². The Kier molecular flexibility index (Phi) is 2.37. The summed E-state index contributed by atoms with van der Waals surface area (Å²) in [5, 5.41) is 0. The minimum absolute atomic E-state index is 0.203. The number of halogens is 1. The van der Waals surface area contributed by atoms with Crippen LogP contribution in [0, 0.1) is 5.82 Å². The maximum atomic E-state index is 13.8. The summed E-state index contributed by atoms with van der Waals surface area (Å²) in [5.74, 6) is -0.0102. The summed E-state index contributed by atoms with van der Waals surface area (Å²) < 4.78 is 15.4. The third kappa shape index (κ3) is 1.48. The SMILES string of the molecule is O=Cc1nc(-c2ccccc2F)n2cccnc12. The summed E-state index contributed by atoms with van der Waals surface area (Å²) in [6.07, 6.45) is 3.88. The van der Waals surface area contributed by atoms with Crippen molar-refractivity contribution in [1.82, 2.24) is 14.4 Å². The molecule has 0 aliphatic carbocycles. The molecule has 0 fully saturated rings. The maximum absolute atomic E-state index is 13.8. The van der Waals surface area contributed by atoms with E-state index >= 15 is 0 Å². The number of fused-ring (bicyclic) bond motifs is 1. The van der Waals surface area contributed by atoms with E-state index in [0.29, 0.717) is 23.3 Å².